The molecule has 2 aromatic rings. The summed E-state index contributed by atoms with van der Waals surface area (Å²) in [6.07, 6.45) is 12.6. The summed E-state index contributed by atoms with van der Waals surface area (Å²) in [7, 11) is -13.2. The normalized spacial score (nSPS) is 14.6. The van der Waals surface area contributed by atoms with Gasteiger partial charge in [0, 0.05) is 24.3 Å². The third-order valence-electron chi connectivity index (χ3n) is 5.50. The first-order valence-electron chi connectivity index (χ1n) is 11.7. The van der Waals surface area contributed by atoms with Crippen LogP contribution in [-0.2, 0) is 20.0 Å². The van der Waals surface area contributed by atoms with Crippen molar-refractivity contribution in [3.8, 4) is 0 Å². The van der Waals surface area contributed by atoms with Crippen LogP contribution in [0.1, 0.15) is 45.4 Å². The van der Waals surface area contributed by atoms with Crippen LogP contribution < -0.4 is 9.03 Å². The van der Waals surface area contributed by atoms with E-state index >= 15 is 0 Å². The van der Waals surface area contributed by atoms with Crippen molar-refractivity contribution >= 4 is 36.5 Å². The van der Waals surface area contributed by atoms with Crippen molar-refractivity contribution in [3.63, 3.8) is 0 Å². The molecule has 0 atom stereocenters. The number of benzene rings is 2. The minimum atomic E-state index is -6.60. The number of anilines is 1. The molecule has 1 heterocycles. The highest BCUT2D eigenvalue weighted by Gasteiger charge is 2.55. The summed E-state index contributed by atoms with van der Waals surface area (Å²) >= 11 is 0. The lowest BCUT2D eigenvalue weighted by Gasteiger charge is -2.22. The molecule has 0 unspecified atom stereocenters. The standard InChI is InChI=1S/C21H28N2.C2HF6NO4S2/c1-2-3-4-5-6-9-15-22-16-17-23(18-22)21-14-10-12-19-11-7-8-13-20(19)21;3-1(4,5)14(10,11)9-15(12,13)2(6,7)8/h7-8,10-14,16-17H,2-6,9,15,18H2,1H3;9H. The van der Waals surface area contributed by atoms with Gasteiger partial charge in [0.1, 0.15) is 0 Å². The van der Waals surface area contributed by atoms with Crippen LogP contribution in [0.25, 0.3) is 10.8 Å². The predicted molar refractivity (Wildman–Crippen MR) is 134 cm³/mol. The highest BCUT2D eigenvalue weighted by molar-refractivity contribution is 8.05. The van der Waals surface area contributed by atoms with Gasteiger partial charge in [-0.05, 0) is 17.9 Å². The van der Waals surface area contributed by atoms with E-state index in [0.717, 1.165) is 6.67 Å². The summed E-state index contributed by atoms with van der Waals surface area (Å²) in [6, 6.07) is 15.2. The lowest BCUT2D eigenvalue weighted by Crippen LogP contribution is -2.45. The van der Waals surface area contributed by atoms with E-state index in [2.05, 4.69) is 71.6 Å². The van der Waals surface area contributed by atoms with Crippen LogP contribution in [0.3, 0.4) is 0 Å². The summed E-state index contributed by atoms with van der Waals surface area (Å²) in [5.41, 5.74) is -11.0. The van der Waals surface area contributed by atoms with E-state index in [1.165, 1.54) is 61.5 Å². The monoisotopic (exact) mass is 589 g/mol. The van der Waals surface area contributed by atoms with Crippen LogP contribution in [-0.4, -0.2) is 46.0 Å². The average Bonchev–Trinajstić information content (AvgIpc) is 3.28. The Hall–Kier alpha value is -2.52. The molecule has 15 heteroatoms. The number of hydrogen-bond acceptors (Lipinski definition) is 6. The molecule has 0 saturated heterocycles. The van der Waals surface area contributed by atoms with E-state index in [1.807, 2.05) is 0 Å². The van der Waals surface area contributed by atoms with Crippen molar-refractivity contribution in [2.45, 2.75) is 56.5 Å². The molecule has 0 radical (unpaired) electrons. The predicted octanol–water partition coefficient (Wildman–Crippen LogP) is 6.03. The zero-order valence-electron chi connectivity index (χ0n) is 20.5. The Morgan fingerprint density at radius 2 is 1.32 bits per heavy atom. The van der Waals surface area contributed by atoms with E-state index in [-0.39, 0.29) is 0 Å². The van der Waals surface area contributed by atoms with E-state index < -0.39 is 35.2 Å². The first-order chi connectivity index (χ1) is 17.6. The molecular weight excluding hydrogens is 560 g/mol. The summed E-state index contributed by atoms with van der Waals surface area (Å²) in [5.74, 6) is 0. The molecule has 7 nitrogen and oxygen atoms in total. The Kier molecular flexibility index (Phi) is 10.9. The minimum Gasteiger partial charge on any atom is -0.358 e. The first kappa shape index (κ1) is 31.7. The topological polar surface area (TPSA) is 86.8 Å². The number of halogens is 6. The number of rotatable bonds is 10. The fourth-order valence-corrected chi connectivity index (χ4v) is 5.47. The number of hydrogen-bond donors (Lipinski definition) is 1. The molecular formula is C23H29F6N3O4S2. The fraction of sp³-hybridized carbons (Fsp3) is 0.478. The Balaban J connectivity index is 0.000000296. The van der Waals surface area contributed by atoms with Gasteiger partial charge in [-0.2, -0.15) is 26.3 Å². The maximum absolute atomic E-state index is 11.5. The summed E-state index contributed by atoms with van der Waals surface area (Å²) in [6.45, 7) is 4.42. The third-order valence-corrected chi connectivity index (χ3v) is 8.47. The maximum atomic E-state index is 11.5. The SMILES string of the molecule is CCCCCCCCN1C=CN(c2cccc3ccccc23)C1.O=S(=O)(NS(=O)(=O)C(F)(F)F)C(F)(F)F. The molecule has 3 rings (SSSR count). The molecule has 0 aromatic heterocycles. The van der Waals surface area contributed by atoms with Gasteiger partial charge in [0.25, 0.3) is 0 Å². The minimum absolute atomic E-state index is 0.493. The quantitative estimate of drug-likeness (QED) is 0.269. The van der Waals surface area contributed by atoms with Crippen LogP contribution in [0.4, 0.5) is 32.0 Å². The zero-order valence-corrected chi connectivity index (χ0v) is 22.1. The van der Waals surface area contributed by atoms with Gasteiger partial charge in [0.15, 0.2) is 0 Å². The van der Waals surface area contributed by atoms with Gasteiger partial charge in [0.2, 0.25) is 0 Å². The molecule has 0 amide bonds. The van der Waals surface area contributed by atoms with Crippen molar-refractivity contribution in [2.24, 2.45) is 0 Å². The van der Waals surface area contributed by atoms with Gasteiger partial charge in [-0.15, -0.1) is 0 Å². The largest absolute Gasteiger partial charge is 0.512 e. The summed E-state index contributed by atoms with van der Waals surface area (Å²) in [5, 5.41) is 2.65. The molecule has 0 spiro atoms. The highest BCUT2D eigenvalue weighted by atomic mass is 32.3. The Bertz CT molecular complexity index is 1250. The van der Waals surface area contributed by atoms with Gasteiger partial charge < -0.3 is 9.80 Å². The van der Waals surface area contributed by atoms with Crippen molar-refractivity contribution in [3.05, 3.63) is 54.9 Å². The van der Waals surface area contributed by atoms with Gasteiger partial charge >= 0.3 is 31.1 Å². The second-order valence-electron chi connectivity index (χ2n) is 8.47. The van der Waals surface area contributed by atoms with Gasteiger partial charge in [-0.25, -0.2) is 16.8 Å². The number of alkyl halides is 6. The second kappa shape index (κ2) is 13.0. The molecule has 38 heavy (non-hydrogen) atoms. The van der Waals surface area contributed by atoms with Gasteiger partial charge in [-0.1, -0.05) is 79.6 Å². The molecule has 0 saturated carbocycles. The highest BCUT2D eigenvalue weighted by Crippen LogP contribution is 2.29. The van der Waals surface area contributed by atoms with Crippen molar-refractivity contribution in [2.75, 3.05) is 18.1 Å². The molecule has 0 aliphatic carbocycles. The molecule has 1 aliphatic heterocycles. The van der Waals surface area contributed by atoms with Crippen LogP contribution in [0, 0.1) is 0 Å². The molecule has 1 N–H and O–H groups in total. The number of unbranched alkanes of at least 4 members (excludes halogenated alkanes) is 5. The molecule has 214 valence electrons. The maximum Gasteiger partial charge on any atom is 0.512 e. The van der Waals surface area contributed by atoms with Crippen molar-refractivity contribution in [1.82, 2.24) is 9.03 Å². The molecule has 0 bridgehead atoms. The van der Waals surface area contributed by atoms with E-state index in [9.17, 15) is 43.2 Å². The Morgan fingerprint density at radius 3 is 1.92 bits per heavy atom. The van der Waals surface area contributed by atoms with Gasteiger partial charge in [0.05, 0.1) is 12.4 Å². The lowest BCUT2D eigenvalue weighted by molar-refractivity contribution is -0.0476. The lowest BCUT2D eigenvalue weighted by atomic mass is 10.1. The number of nitrogens with one attached hydrogen (secondary N) is 1. The number of sulfonamides is 2. The first-order valence-corrected chi connectivity index (χ1v) is 14.6. The summed E-state index contributed by atoms with van der Waals surface area (Å²) < 4.78 is 108. The Morgan fingerprint density at radius 1 is 0.763 bits per heavy atom. The van der Waals surface area contributed by atoms with Crippen LogP contribution in [0.5, 0.6) is 0 Å². The molecule has 0 fully saturated rings. The van der Waals surface area contributed by atoms with Crippen LogP contribution >= 0.6 is 0 Å². The van der Waals surface area contributed by atoms with Gasteiger partial charge in [-0.3, -0.25) is 0 Å². The van der Waals surface area contributed by atoms with Crippen LogP contribution in [0.15, 0.2) is 54.9 Å². The fourth-order valence-electron chi connectivity index (χ4n) is 3.56. The molecule has 2 aromatic carbocycles. The van der Waals surface area contributed by atoms with E-state index in [1.54, 1.807) is 0 Å². The average molecular weight is 590 g/mol. The number of nitrogens with zero attached hydrogens (tertiary/aromatic N) is 2. The molecule has 1 aliphatic rings. The van der Waals surface area contributed by atoms with E-state index in [0.29, 0.717) is 0 Å². The van der Waals surface area contributed by atoms with Crippen molar-refractivity contribution in [1.29, 1.82) is 0 Å². The third kappa shape index (κ3) is 8.76. The second-order valence-corrected chi connectivity index (χ2v) is 12.1. The smallest absolute Gasteiger partial charge is 0.358 e. The van der Waals surface area contributed by atoms with E-state index in [4.69, 9.17) is 0 Å². The number of fused-ring (bicyclic) bond motifs is 1. The Labute approximate surface area is 218 Å². The van der Waals surface area contributed by atoms with Crippen molar-refractivity contribution < 1.29 is 43.2 Å². The van der Waals surface area contributed by atoms with Crippen LogP contribution in [0.2, 0.25) is 0 Å². The zero-order chi connectivity index (χ0) is 28.6. The summed E-state index contributed by atoms with van der Waals surface area (Å²) in [4.78, 5) is 4.79.